The van der Waals surface area contributed by atoms with Crippen molar-refractivity contribution in [1.82, 2.24) is 5.43 Å². The molecular formula is C14H18N2O. The minimum Gasteiger partial charge on any atom is -0.467 e. The number of nitrogens with one attached hydrogen (secondary N) is 1. The third-order valence-electron chi connectivity index (χ3n) is 3.08. The van der Waals surface area contributed by atoms with Gasteiger partial charge in [-0.15, -0.1) is 0 Å². The lowest BCUT2D eigenvalue weighted by Gasteiger charge is -2.18. The van der Waals surface area contributed by atoms with Crippen LogP contribution in [0.15, 0.2) is 34.9 Å². The van der Waals surface area contributed by atoms with Crippen molar-refractivity contribution in [3.8, 4) is 0 Å². The van der Waals surface area contributed by atoms with Crippen LogP contribution in [0.1, 0.15) is 34.1 Å². The molecule has 0 radical (unpaired) electrons. The van der Waals surface area contributed by atoms with Crippen LogP contribution < -0.4 is 11.3 Å². The topological polar surface area (TPSA) is 51.2 Å². The summed E-state index contributed by atoms with van der Waals surface area (Å²) < 4.78 is 5.52. The molecule has 1 unspecified atom stereocenters. The minimum absolute atomic E-state index is 0.0927. The van der Waals surface area contributed by atoms with E-state index in [2.05, 4.69) is 37.5 Å². The fraction of sp³-hybridized carbons (Fsp3) is 0.286. The predicted molar refractivity (Wildman–Crippen MR) is 68.5 cm³/mol. The van der Waals surface area contributed by atoms with Gasteiger partial charge in [0.05, 0.1) is 6.26 Å². The van der Waals surface area contributed by atoms with Crippen LogP contribution in [0.3, 0.4) is 0 Å². The molecule has 0 aliphatic rings. The molecule has 0 amide bonds. The Morgan fingerprint density at radius 2 is 1.88 bits per heavy atom. The summed E-state index contributed by atoms with van der Waals surface area (Å²) >= 11 is 0. The van der Waals surface area contributed by atoms with E-state index >= 15 is 0 Å². The Labute approximate surface area is 102 Å². The van der Waals surface area contributed by atoms with Gasteiger partial charge in [0.1, 0.15) is 11.8 Å². The van der Waals surface area contributed by atoms with Gasteiger partial charge in [0.25, 0.3) is 0 Å². The predicted octanol–water partition coefficient (Wildman–Crippen LogP) is 2.76. The van der Waals surface area contributed by atoms with Crippen LogP contribution in [0.25, 0.3) is 0 Å². The number of nitrogens with two attached hydrogens (primary N) is 1. The first-order valence-electron chi connectivity index (χ1n) is 5.70. The fourth-order valence-corrected chi connectivity index (χ4v) is 2.06. The molecule has 2 rings (SSSR count). The zero-order valence-corrected chi connectivity index (χ0v) is 10.4. The van der Waals surface area contributed by atoms with Crippen molar-refractivity contribution < 1.29 is 4.42 Å². The third kappa shape index (κ3) is 2.25. The van der Waals surface area contributed by atoms with E-state index in [1.165, 1.54) is 11.1 Å². The summed E-state index contributed by atoms with van der Waals surface area (Å²) in [6.07, 6.45) is 1.69. The minimum atomic E-state index is -0.0927. The first-order valence-corrected chi connectivity index (χ1v) is 5.70. The van der Waals surface area contributed by atoms with Crippen molar-refractivity contribution in [2.45, 2.75) is 26.8 Å². The van der Waals surface area contributed by atoms with Crippen LogP contribution in [-0.2, 0) is 0 Å². The molecule has 0 fully saturated rings. The molecule has 2 aromatic rings. The highest BCUT2D eigenvalue weighted by Gasteiger charge is 2.19. The monoisotopic (exact) mass is 230 g/mol. The molecule has 0 aliphatic heterocycles. The molecule has 3 nitrogen and oxygen atoms in total. The van der Waals surface area contributed by atoms with E-state index in [4.69, 9.17) is 10.3 Å². The maximum Gasteiger partial charge on any atom is 0.129 e. The molecule has 0 saturated carbocycles. The van der Waals surface area contributed by atoms with Crippen molar-refractivity contribution in [3.05, 3.63) is 58.5 Å². The summed E-state index contributed by atoms with van der Waals surface area (Å²) in [7, 11) is 0. The quantitative estimate of drug-likeness (QED) is 0.629. The number of rotatable bonds is 3. The smallest absolute Gasteiger partial charge is 0.129 e. The van der Waals surface area contributed by atoms with Gasteiger partial charge in [-0.05, 0) is 43.5 Å². The number of hydrogen-bond donors (Lipinski definition) is 2. The number of benzene rings is 1. The Balaban J connectivity index is 2.49. The van der Waals surface area contributed by atoms with Crippen LogP contribution in [0.4, 0.5) is 0 Å². The number of hydrogen-bond acceptors (Lipinski definition) is 3. The normalized spacial score (nSPS) is 12.7. The van der Waals surface area contributed by atoms with Crippen molar-refractivity contribution >= 4 is 0 Å². The largest absolute Gasteiger partial charge is 0.467 e. The van der Waals surface area contributed by atoms with Crippen LogP contribution in [-0.4, -0.2) is 0 Å². The van der Waals surface area contributed by atoms with Crippen LogP contribution >= 0.6 is 0 Å². The highest BCUT2D eigenvalue weighted by Crippen LogP contribution is 2.27. The van der Waals surface area contributed by atoms with E-state index in [1.807, 2.05) is 13.0 Å². The Morgan fingerprint density at radius 3 is 2.47 bits per heavy atom. The zero-order chi connectivity index (χ0) is 12.4. The van der Waals surface area contributed by atoms with E-state index in [9.17, 15) is 0 Å². The summed E-state index contributed by atoms with van der Waals surface area (Å²) in [4.78, 5) is 0. The summed E-state index contributed by atoms with van der Waals surface area (Å²) in [5.74, 6) is 6.55. The van der Waals surface area contributed by atoms with Gasteiger partial charge in [-0.1, -0.05) is 23.8 Å². The molecule has 0 aliphatic carbocycles. The molecule has 0 bridgehead atoms. The number of aryl methyl sites for hydroxylation is 3. The van der Waals surface area contributed by atoms with E-state index in [0.29, 0.717) is 0 Å². The summed E-state index contributed by atoms with van der Waals surface area (Å²) in [5, 5.41) is 0. The molecule has 0 spiro atoms. The molecule has 3 heteroatoms. The van der Waals surface area contributed by atoms with Gasteiger partial charge in [0, 0.05) is 0 Å². The second-order valence-electron chi connectivity index (χ2n) is 4.43. The Bertz CT molecular complexity index is 517. The van der Waals surface area contributed by atoms with Crippen LogP contribution in [0, 0.1) is 20.8 Å². The second kappa shape index (κ2) is 4.73. The molecule has 1 aromatic carbocycles. The highest BCUT2D eigenvalue weighted by atomic mass is 16.3. The van der Waals surface area contributed by atoms with Crippen molar-refractivity contribution in [2.75, 3.05) is 0 Å². The number of furan rings is 1. The average molecular weight is 230 g/mol. The van der Waals surface area contributed by atoms with Gasteiger partial charge >= 0.3 is 0 Å². The summed E-state index contributed by atoms with van der Waals surface area (Å²) in [6, 6.07) is 8.20. The molecular weight excluding hydrogens is 212 g/mol. The molecule has 1 atom stereocenters. The molecule has 3 N–H and O–H groups in total. The summed E-state index contributed by atoms with van der Waals surface area (Å²) in [5.41, 5.74) is 7.52. The lowest BCUT2D eigenvalue weighted by Crippen LogP contribution is -2.29. The van der Waals surface area contributed by atoms with Crippen LogP contribution in [0.5, 0.6) is 0 Å². The average Bonchev–Trinajstić information content (AvgIpc) is 2.71. The van der Waals surface area contributed by atoms with Crippen LogP contribution in [0.2, 0.25) is 0 Å². The van der Waals surface area contributed by atoms with Crippen molar-refractivity contribution in [3.63, 3.8) is 0 Å². The lowest BCUT2D eigenvalue weighted by atomic mass is 9.96. The molecule has 1 aromatic heterocycles. The SMILES string of the molecule is Cc1ccc(C)c(C(NN)c2occc2C)c1. The zero-order valence-electron chi connectivity index (χ0n) is 10.4. The van der Waals surface area contributed by atoms with E-state index < -0.39 is 0 Å². The van der Waals surface area contributed by atoms with Gasteiger partial charge in [0.15, 0.2) is 0 Å². The first kappa shape index (κ1) is 11.9. The van der Waals surface area contributed by atoms with E-state index in [-0.39, 0.29) is 6.04 Å². The third-order valence-corrected chi connectivity index (χ3v) is 3.08. The van der Waals surface area contributed by atoms with Gasteiger partial charge in [-0.2, -0.15) is 0 Å². The standard InChI is InChI=1S/C14H18N2O/c1-9-4-5-10(2)12(8-9)13(16-15)14-11(3)6-7-17-14/h4-8,13,16H,15H2,1-3H3. The van der Waals surface area contributed by atoms with Gasteiger partial charge in [-0.3, -0.25) is 5.84 Å². The highest BCUT2D eigenvalue weighted by molar-refractivity contribution is 5.38. The van der Waals surface area contributed by atoms with Gasteiger partial charge in [0.2, 0.25) is 0 Å². The molecule has 0 saturated heterocycles. The number of hydrazine groups is 1. The maximum absolute atomic E-state index is 5.67. The Kier molecular flexibility index (Phi) is 3.31. The maximum atomic E-state index is 5.67. The van der Waals surface area contributed by atoms with Crippen molar-refractivity contribution in [2.24, 2.45) is 5.84 Å². The fourth-order valence-electron chi connectivity index (χ4n) is 2.06. The summed E-state index contributed by atoms with van der Waals surface area (Å²) in [6.45, 7) is 6.18. The van der Waals surface area contributed by atoms with E-state index in [1.54, 1.807) is 6.26 Å². The first-order chi connectivity index (χ1) is 8.13. The van der Waals surface area contributed by atoms with Gasteiger partial charge < -0.3 is 4.42 Å². The van der Waals surface area contributed by atoms with Crippen molar-refractivity contribution in [1.29, 1.82) is 0 Å². The molecule has 17 heavy (non-hydrogen) atoms. The lowest BCUT2D eigenvalue weighted by molar-refractivity contribution is 0.448. The van der Waals surface area contributed by atoms with Gasteiger partial charge in [-0.25, -0.2) is 5.43 Å². The Hall–Kier alpha value is -1.58. The Morgan fingerprint density at radius 1 is 1.12 bits per heavy atom. The molecule has 1 heterocycles. The molecule has 90 valence electrons. The second-order valence-corrected chi connectivity index (χ2v) is 4.43. The van der Waals surface area contributed by atoms with E-state index in [0.717, 1.165) is 16.9 Å².